The second-order valence-corrected chi connectivity index (χ2v) is 7.24. The van der Waals surface area contributed by atoms with Crippen LogP contribution >= 0.6 is 0 Å². The largest absolute Gasteiger partial charge is 0.214 e. The third-order valence-electron chi connectivity index (χ3n) is 3.35. The lowest BCUT2D eigenvalue weighted by Crippen LogP contribution is -2.34. The van der Waals surface area contributed by atoms with Crippen LogP contribution in [-0.2, 0) is 10.0 Å². The lowest BCUT2D eigenvalue weighted by Gasteiger charge is -2.19. The molecule has 0 fully saturated rings. The zero-order chi connectivity index (χ0) is 16.0. The first-order valence-corrected chi connectivity index (χ1v) is 9.41. The van der Waals surface area contributed by atoms with E-state index in [4.69, 9.17) is 10.5 Å². The molecule has 21 heavy (non-hydrogen) atoms. The number of hydrogen-bond acceptors (Lipinski definition) is 4. The van der Waals surface area contributed by atoms with Crippen LogP contribution in [0.5, 0.6) is 0 Å². The van der Waals surface area contributed by atoms with Crippen molar-refractivity contribution in [2.45, 2.75) is 64.7 Å². The van der Waals surface area contributed by atoms with Crippen LogP contribution in [0.1, 0.15) is 64.7 Å². The van der Waals surface area contributed by atoms with Crippen LogP contribution in [0.25, 0.3) is 0 Å². The third kappa shape index (κ3) is 10.3. The zero-order valence-electron chi connectivity index (χ0n) is 13.1. The van der Waals surface area contributed by atoms with Crippen LogP contribution in [0.4, 0.5) is 0 Å². The van der Waals surface area contributed by atoms with Gasteiger partial charge in [-0.1, -0.05) is 45.4 Å². The van der Waals surface area contributed by atoms with E-state index in [1.807, 2.05) is 12.1 Å². The first-order chi connectivity index (χ1) is 10.1. The molecule has 0 heterocycles. The van der Waals surface area contributed by atoms with E-state index in [9.17, 15) is 8.42 Å². The molecule has 120 valence electrons. The van der Waals surface area contributed by atoms with Crippen molar-refractivity contribution in [1.82, 2.24) is 4.31 Å². The number of hydrogen-bond donors (Lipinski definition) is 0. The van der Waals surface area contributed by atoms with Gasteiger partial charge in [0.1, 0.15) is 0 Å². The van der Waals surface area contributed by atoms with Crippen LogP contribution in [0.2, 0.25) is 0 Å². The van der Waals surface area contributed by atoms with Crippen LogP contribution in [0.3, 0.4) is 0 Å². The number of sulfonamides is 1. The summed E-state index contributed by atoms with van der Waals surface area (Å²) in [6.07, 6.45) is 7.84. The monoisotopic (exact) mass is 313 g/mol. The van der Waals surface area contributed by atoms with E-state index in [0.29, 0.717) is 6.42 Å². The molecular formula is C15H27N3O2S. The summed E-state index contributed by atoms with van der Waals surface area (Å²) in [5.74, 6) is 0.123. The molecule has 0 unspecified atom stereocenters. The smallest absolute Gasteiger partial charge is 0.212 e. The van der Waals surface area contributed by atoms with Crippen molar-refractivity contribution in [3.8, 4) is 12.1 Å². The fraction of sp³-hybridized carbons (Fsp3) is 0.867. The Labute approximate surface area is 129 Å². The lowest BCUT2D eigenvalue weighted by molar-refractivity contribution is 0.423. The maximum Gasteiger partial charge on any atom is 0.214 e. The Bertz CT molecular complexity index is 417. The molecule has 0 aliphatic rings. The number of nitriles is 2. The van der Waals surface area contributed by atoms with Crippen LogP contribution < -0.4 is 0 Å². The van der Waals surface area contributed by atoms with Crippen molar-refractivity contribution in [2.24, 2.45) is 0 Å². The standard InChI is InChI=1S/C15H27N3O2S/c1-2-3-4-5-6-7-8-15-21(19,20)18(13-9-11-16)14-10-12-17/h2-10,13-15H2,1H3. The predicted octanol–water partition coefficient (Wildman–Crippen LogP) is 3.20. The van der Waals surface area contributed by atoms with Gasteiger partial charge in [0.2, 0.25) is 10.0 Å². The SMILES string of the molecule is CCCCCCCCCS(=O)(=O)N(CCC#N)CCC#N. The van der Waals surface area contributed by atoms with Gasteiger partial charge >= 0.3 is 0 Å². The summed E-state index contributed by atoms with van der Waals surface area (Å²) in [6, 6.07) is 3.91. The molecule has 0 spiro atoms. The van der Waals surface area contributed by atoms with Crippen molar-refractivity contribution < 1.29 is 8.42 Å². The van der Waals surface area contributed by atoms with Gasteiger partial charge in [0.25, 0.3) is 0 Å². The molecule has 0 saturated carbocycles. The molecule has 0 aromatic heterocycles. The van der Waals surface area contributed by atoms with E-state index < -0.39 is 10.0 Å². The average molecular weight is 313 g/mol. The number of rotatable bonds is 13. The predicted molar refractivity (Wildman–Crippen MR) is 83.8 cm³/mol. The summed E-state index contributed by atoms with van der Waals surface area (Å²) >= 11 is 0. The Hall–Kier alpha value is -1.11. The molecule has 6 heteroatoms. The normalized spacial score (nSPS) is 11.2. The summed E-state index contributed by atoms with van der Waals surface area (Å²) in [5.41, 5.74) is 0. The number of nitrogens with zero attached hydrogens (tertiary/aromatic N) is 3. The first-order valence-electron chi connectivity index (χ1n) is 7.80. The molecule has 0 aromatic rings. The van der Waals surface area contributed by atoms with E-state index >= 15 is 0 Å². The second kappa shape index (κ2) is 12.6. The van der Waals surface area contributed by atoms with Crippen molar-refractivity contribution in [1.29, 1.82) is 10.5 Å². The van der Waals surface area contributed by atoms with Crippen LogP contribution in [0, 0.1) is 22.7 Å². The molecule has 5 nitrogen and oxygen atoms in total. The Morgan fingerprint density at radius 1 is 0.857 bits per heavy atom. The molecule has 0 atom stereocenters. The third-order valence-corrected chi connectivity index (χ3v) is 5.30. The van der Waals surface area contributed by atoms with Gasteiger partial charge in [-0.15, -0.1) is 0 Å². The van der Waals surface area contributed by atoms with Crippen molar-refractivity contribution in [3.63, 3.8) is 0 Å². The van der Waals surface area contributed by atoms with Gasteiger partial charge in [-0.3, -0.25) is 0 Å². The minimum Gasteiger partial charge on any atom is -0.212 e. The fourth-order valence-electron chi connectivity index (χ4n) is 2.11. The highest BCUT2D eigenvalue weighted by molar-refractivity contribution is 7.89. The van der Waals surface area contributed by atoms with Gasteiger partial charge < -0.3 is 0 Å². The van der Waals surface area contributed by atoms with Crippen molar-refractivity contribution >= 4 is 10.0 Å². The minimum atomic E-state index is -3.33. The van der Waals surface area contributed by atoms with Crippen LogP contribution in [-0.4, -0.2) is 31.6 Å². The molecule has 0 saturated heterocycles. The fourth-order valence-corrected chi connectivity index (χ4v) is 3.68. The first kappa shape index (κ1) is 19.9. The van der Waals surface area contributed by atoms with Gasteiger partial charge in [0, 0.05) is 25.9 Å². The van der Waals surface area contributed by atoms with Gasteiger partial charge in [0.05, 0.1) is 17.9 Å². The van der Waals surface area contributed by atoms with E-state index in [2.05, 4.69) is 6.92 Å². The summed E-state index contributed by atoms with van der Waals surface area (Å²) in [7, 11) is -3.33. The topological polar surface area (TPSA) is 85.0 Å². The lowest BCUT2D eigenvalue weighted by atomic mass is 10.1. The maximum atomic E-state index is 12.2. The molecule has 0 aromatic carbocycles. The highest BCUT2D eigenvalue weighted by Crippen LogP contribution is 2.11. The Morgan fingerprint density at radius 3 is 1.81 bits per heavy atom. The summed E-state index contributed by atoms with van der Waals surface area (Å²) < 4.78 is 25.7. The Balaban J connectivity index is 4.10. The maximum absolute atomic E-state index is 12.2. The van der Waals surface area contributed by atoms with Gasteiger partial charge in [0.15, 0.2) is 0 Å². The molecule has 0 aliphatic heterocycles. The molecule has 0 bridgehead atoms. The van der Waals surface area contributed by atoms with E-state index in [0.717, 1.165) is 12.8 Å². The van der Waals surface area contributed by atoms with Crippen molar-refractivity contribution in [3.05, 3.63) is 0 Å². The molecule has 0 radical (unpaired) electrons. The van der Waals surface area contributed by atoms with E-state index in [1.54, 1.807) is 0 Å². The van der Waals surface area contributed by atoms with E-state index in [1.165, 1.54) is 30.0 Å². The summed E-state index contributed by atoms with van der Waals surface area (Å²) in [4.78, 5) is 0. The minimum absolute atomic E-state index is 0.123. The summed E-state index contributed by atoms with van der Waals surface area (Å²) in [5, 5.41) is 17.2. The average Bonchev–Trinajstić information content (AvgIpc) is 2.46. The highest BCUT2D eigenvalue weighted by atomic mass is 32.2. The Kier molecular flexibility index (Phi) is 12.0. The zero-order valence-corrected chi connectivity index (χ0v) is 13.9. The molecule has 0 N–H and O–H groups in total. The van der Waals surface area contributed by atoms with Gasteiger partial charge in [-0.25, -0.2) is 8.42 Å². The Morgan fingerprint density at radius 2 is 1.33 bits per heavy atom. The number of unbranched alkanes of at least 4 members (excludes halogenated alkanes) is 6. The molecule has 0 rings (SSSR count). The second-order valence-electron chi connectivity index (χ2n) is 5.15. The molecule has 0 aliphatic carbocycles. The van der Waals surface area contributed by atoms with E-state index in [-0.39, 0.29) is 31.7 Å². The highest BCUT2D eigenvalue weighted by Gasteiger charge is 2.20. The van der Waals surface area contributed by atoms with Crippen LogP contribution in [0.15, 0.2) is 0 Å². The van der Waals surface area contributed by atoms with Gasteiger partial charge in [-0.05, 0) is 6.42 Å². The molecular weight excluding hydrogens is 286 g/mol. The quantitative estimate of drug-likeness (QED) is 0.489. The molecule has 0 amide bonds. The van der Waals surface area contributed by atoms with Crippen molar-refractivity contribution in [2.75, 3.05) is 18.8 Å². The van der Waals surface area contributed by atoms with Gasteiger partial charge in [-0.2, -0.15) is 14.8 Å². The summed E-state index contributed by atoms with van der Waals surface area (Å²) in [6.45, 7) is 2.55.